The minimum Gasteiger partial charge on any atom is -0.452 e. The molecule has 0 radical (unpaired) electrons. The molecule has 1 fully saturated rings. The molecule has 0 saturated carbocycles. The Morgan fingerprint density at radius 2 is 1.67 bits per heavy atom. The number of hydrogen-bond donors (Lipinski definition) is 1. The molecule has 1 heterocycles. The third-order valence-electron chi connectivity index (χ3n) is 5.05. The van der Waals surface area contributed by atoms with Gasteiger partial charge in [0.2, 0.25) is 0 Å². The number of benzene rings is 2. The number of para-hydroxylation sites is 1. The highest BCUT2D eigenvalue weighted by Crippen LogP contribution is 2.22. The number of hydrogen-bond acceptors (Lipinski definition) is 4. The SMILES string of the molecule is CC1CC(C)CN(C(=O)COC(=O)c2ccccc2NC(=O)c2ccc(Cl)cc2)C1. The zero-order valence-corrected chi connectivity index (χ0v) is 17.8. The van der Waals surface area contributed by atoms with Crippen LogP contribution in [0.25, 0.3) is 0 Å². The van der Waals surface area contributed by atoms with Gasteiger partial charge in [-0.2, -0.15) is 0 Å². The lowest BCUT2D eigenvalue weighted by atomic mass is 9.92. The number of piperidine rings is 1. The van der Waals surface area contributed by atoms with Crippen LogP contribution in [0.4, 0.5) is 5.69 Å². The summed E-state index contributed by atoms with van der Waals surface area (Å²) in [6.07, 6.45) is 1.09. The lowest BCUT2D eigenvalue weighted by Crippen LogP contribution is -2.44. The number of likely N-dealkylation sites (tertiary alicyclic amines) is 1. The third-order valence-corrected chi connectivity index (χ3v) is 5.30. The summed E-state index contributed by atoms with van der Waals surface area (Å²) in [7, 11) is 0. The van der Waals surface area contributed by atoms with Gasteiger partial charge < -0.3 is 15.0 Å². The predicted molar refractivity (Wildman–Crippen MR) is 116 cm³/mol. The molecule has 30 heavy (non-hydrogen) atoms. The van der Waals surface area contributed by atoms with Crippen molar-refractivity contribution < 1.29 is 19.1 Å². The van der Waals surface area contributed by atoms with Gasteiger partial charge in [0.15, 0.2) is 6.61 Å². The molecule has 0 aliphatic carbocycles. The summed E-state index contributed by atoms with van der Waals surface area (Å²) >= 11 is 5.85. The van der Waals surface area contributed by atoms with Crippen molar-refractivity contribution in [2.24, 2.45) is 11.8 Å². The second kappa shape index (κ2) is 9.76. The number of carbonyl (C=O) groups is 3. The van der Waals surface area contributed by atoms with Crippen LogP contribution < -0.4 is 5.32 Å². The van der Waals surface area contributed by atoms with Gasteiger partial charge in [-0.15, -0.1) is 0 Å². The van der Waals surface area contributed by atoms with Crippen molar-refractivity contribution in [2.75, 3.05) is 25.0 Å². The van der Waals surface area contributed by atoms with Crippen LogP contribution >= 0.6 is 11.6 Å². The lowest BCUT2D eigenvalue weighted by molar-refractivity contribution is -0.137. The molecule has 7 heteroatoms. The molecule has 0 bridgehead atoms. The van der Waals surface area contributed by atoms with E-state index in [0.29, 0.717) is 41.2 Å². The first kappa shape index (κ1) is 21.8. The van der Waals surface area contributed by atoms with Crippen molar-refractivity contribution in [3.05, 3.63) is 64.7 Å². The summed E-state index contributed by atoms with van der Waals surface area (Å²) in [5.74, 6) is -0.383. The summed E-state index contributed by atoms with van der Waals surface area (Å²) in [5, 5.41) is 3.24. The van der Waals surface area contributed by atoms with Crippen molar-refractivity contribution in [3.63, 3.8) is 0 Å². The minimum absolute atomic E-state index is 0.188. The first-order valence-electron chi connectivity index (χ1n) is 9.94. The Morgan fingerprint density at radius 1 is 1.03 bits per heavy atom. The van der Waals surface area contributed by atoms with E-state index >= 15 is 0 Å². The van der Waals surface area contributed by atoms with Crippen molar-refractivity contribution >= 4 is 35.1 Å². The molecule has 3 rings (SSSR count). The maximum atomic E-state index is 12.6. The van der Waals surface area contributed by atoms with Crippen LogP contribution in [0, 0.1) is 11.8 Å². The van der Waals surface area contributed by atoms with E-state index in [-0.39, 0.29) is 24.0 Å². The topological polar surface area (TPSA) is 75.7 Å². The van der Waals surface area contributed by atoms with E-state index in [9.17, 15) is 14.4 Å². The normalized spacial score (nSPS) is 18.6. The zero-order valence-electron chi connectivity index (χ0n) is 17.1. The maximum Gasteiger partial charge on any atom is 0.340 e. The average molecular weight is 429 g/mol. The molecule has 1 aliphatic rings. The second-order valence-corrected chi connectivity index (χ2v) is 8.26. The van der Waals surface area contributed by atoms with E-state index in [1.807, 2.05) is 0 Å². The molecule has 2 aromatic rings. The third kappa shape index (κ3) is 5.60. The van der Waals surface area contributed by atoms with Gasteiger partial charge in [0.05, 0.1) is 11.3 Å². The molecule has 1 aliphatic heterocycles. The fourth-order valence-electron chi connectivity index (χ4n) is 3.73. The molecule has 158 valence electrons. The number of halogens is 1. The molecule has 0 spiro atoms. The summed E-state index contributed by atoms with van der Waals surface area (Å²) in [5.41, 5.74) is 0.911. The quantitative estimate of drug-likeness (QED) is 0.722. The molecule has 6 nitrogen and oxygen atoms in total. The zero-order chi connectivity index (χ0) is 21.7. The summed E-state index contributed by atoms with van der Waals surface area (Å²) in [6, 6.07) is 13.0. The van der Waals surface area contributed by atoms with Crippen LogP contribution in [0.3, 0.4) is 0 Å². The van der Waals surface area contributed by atoms with Gasteiger partial charge in [-0.25, -0.2) is 4.79 Å². The maximum absolute atomic E-state index is 12.6. The van der Waals surface area contributed by atoms with Crippen LogP contribution in [0.1, 0.15) is 41.0 Å². The van der Waals surface area contributed by atoms with E-state index in [1.54, 1.807) is 53.4 Å². The number of nitrogens with one attached hydrogen (secondary N) is 1. The number of rotatable bonds is 5. The van der Waals surface area contributed by atoms with Crippen LogP contribution in [-0.2, 0) is 9.53 Å². The molecule has 2 unspecified atom stereocenters. The van der Waals surface area contributed by atoms with Crippen LogP contribution in [0.15, 0.2) is 48.5 Å². The van der Waals surface area contributed by atoms with Gasteiger partial charge in [-0.1, -0.05) is 37.6 Å². The molecular weight excluding hydrogens is 404 g/mol. The summed E-state index contributed by atoms with van der Waals surface area (Å²) < 4.78 is 5.26. The van der Waals surface area contributed by atoms with E-state index in [1.165, 1.54) is 0 Å². The number of amides is 2. The lowest BCUT2D eigenvalue weighted by Gasteiger charge is -2.34. The Hall–Kier alpha value is -2.86. The van der Waals surface area contributed by atoms with E-state index < -0.39 is 5.97 Å². The highest BCUT2D eigenvalue weighted by Gasteiger charge is 2.26. The smallest absolute Gasteiger partial charge is 0.340 e. The molecule has 2 atom stereocenters. The molecule has 2 amide bonds. The van der Waals surface area contributed by atoms with E-state index in [2.05, 4.69) is 19.2 Å². The number of anilines is 1. The summed E-state index contributed by atoms with van der Waals surface area (Å²) in [4.78, 5) is 39.3. The Morgan fingerprint density at radius 3 is 2.33 bits per heavy atom. The number of nitrogens with zero attached hydrogens (tertiary/aromatic N) is 1. The number of ether oxygens (including phenoxy) is 1. The highest BCUT2D eigenvalue weighted by molar-refractivity contribution is 6.30. The molecule has 1 N–H and O–H groups in total. The second-order valence-electron chi connectivity index (χ2n) is 7.83. The Labute approximate surface area is 181 Å². The van der Waals surface area contributed by atoms with Crippen molar-refractivity contribution in [1.29, 1.82) is 0 Å². The molecule has 0 aromatic heterocycles. The van der Waals surface area contributed by atoms with Gasteiger partial charge in [0.1, 0.15) is 0 Å². The Balaban J connectivity index is 1.63. The Kier molecular flexibility index (Phi) is 7.11. The number of carbonyl (C=O) groups excluding carboxylic acids is 3. The van der Waals surface area contributed by atoms with Crippen molar-refractivity contribution in [2.45, 2.75) is 20.3 Å². The van der Waals surface area contributed by atoms with Gasteiger partial charge in [-0.3, -0.25) is 9.59 Å². The fraction of sp³-hybridized carbons (Fsp3) is 0.348. The highest BCUT2D eigenvalue weighted by atomic mass is 35.5. The van der Waals surface area contributed by atoms with Crippen LogP contribution in [0.5, 0.6) is 0 Å². The predicted octanol–water partition coefficient (Wildman–Crippen LogP) is 4.25. The van der Waals surface area contributed by atoms with Crippen molar-refractivity contribution in [1.82, 2.24) is 4.90 Å². The van der Waals surface area contributed by atoms with Crippen LogP contribution in [-0.4, -0.2) is 42.4 Å². The monoisotopic (exact) mass is 428 g/mol. The molecule has 2 aromatic carbocycles. The largest absolute Gasteiger partial charge is 0.452 e. The van der Waals surface area contributed by atoms with E-state index in [0.717, 1.165) is 6.42 Å². The fourth-order valence-corrected chi connectivity index (χ4v) is 3.85. The minimum atomic E-state index is -0.659. The van der Waals surface area contributed by atoms with E-state index in [4.69, 9.17) is 16.3 Å². The Bertz CT molecular complexity index is 919. The average Bonchev–Trinajstić information content (AvgIpc) is 2.72. The number of esters is 1. The summed E-state index contributed by atoms with van der Waals surface area (Å²) in [6.45, 7) is 5.25. The van der Waals surface area contributed by atoms with Crippen LogP contribution in [0.2, 0.25) is 5.02 Å². The van der Waals surface area contributed by atoms with Gasteiger partial charge >= 0.3 is 5.97 Å². The van der Waals surface area contributed by atoms with Gasteiger partial charge in [0.25, 0.3) is 11.8 Å². The van der Waals surface area contributed by atoms with Gasteiger partial charge in [-0.05, 0) is 54.7 Å². The molecular formula is C23H25ClN2O4. The first-order valence-corrected chi connectivity index (χ1v) is 10.3. The standard InChI is InChI=1S/C23H25ClN2O4/c1-15-11-16(2)13-26(12-15)21(27)14-30-23(29)19-5-3-4-6-20(19)25-22(28)17-7-9-18(24)10-8-17/h3-10,15-16H,11-14H2,1-2H3,(H,25,28). The first-order chi connectivity index (χ1) is 14.3. The van der Waals surface area contributed by atoms with Gasteiger partial charge in [0, 0.05) is 23.7 Å². The molecule has 1 saturated heterocycles. The van der Waals surface area contributed by atoms with Crippen molar-refractivity contribution in [3.8, 4) is 0 Å².